The summed E-state index contributed by atoms with van der Waals surface area (Å²) in [4.78, 5) is 38.0. The molecule has 3 amide bonds. The van der Waals surface area contributed by atoms with Gasteiger partial charge in [-0.15, -0.1) is 0 Å². The number of rotatable bonds is 2. The number of anilines is 1. The SMILES string of the molecule is Cc1cccc2c1C(C)(C(=O)NNC(=O)C(F)(F)F)C(=O)N2C1CC1. The first-order valence-electron chi connectivity index (χ1n) is 7.70. The van der Waals surface area contributed by atoms with E-state index in [1.54, 1.807) is 30.5 Å². The maximum atomic E-state index is 12.9. The summed E-state index contributed by atoms with van der Waals surface area (Å²) >= 11 is 0. The summed E-state index contributed by atoms with van der Waals surface area (Å²) in [6, 6.07) is 5.19. The van der Waals surface area contributed by atoms with Crippen LogP contribution in [-0.2, 0) is 19.8 Å². The number of halogens is 3. The van der Waals surface area contributed by atoms with E-state index in [1.807, 2.05) is 0 Å². The lowest BCUT2D eigenvalue weighted by molar-refractivity contribution is -0.175. The Kier molecular flexibility index (Phi) is 3.77. The van der Waals surface area contributed by atoms with E-state index in [1.165, 1.54) is 17.2 Å². The highest BCUT2D eigenvalue weighted by Gasteiger charge is 2.56. The molecule has 25 heavy (non-hydrogen) atoms. The van der Waals surface area contributed by atoms with Crippen molar-refractivity contribution < 1.29 is 27.6 Å². The number of hydrogen-bond acceptors (Lipinski definition) is 3. The number of carbonyl (C=O) groups excluding carboxylic acids is 3. The predicted octanol–water partition coefficient (Wildman–Crippen LogP) is 1.47. The summed E-state index contributed by atoms with van der Waals surface area (Å²) in [6.45, 7) is 3.08. The van der Waals surface area contributed by atoms with Gasteiger partial charge >= 0.3 is 12.1 Å². The summed E-state index contributed by atoms with van der Waals surface area (Å²) in [5.74, 6) is -3.81. The minimum atomic E-state index is -5.14. The average molecular weight is 355 g/mol. The summed E-state index contributed by atoms with van der Waals surface area (Å²) in [5, 5.41) is 0. The molecule has 3 rings (SSSR count). The number of benzene rings is 1. The van der Waals surface area contributed by atoms with Crippen LogP contribution in [0.4, 0.5) is 18.9 Å². The van der Waals surface area contributed by atoms with E-state index in [4.69, 9.17) is 0 Å². The Hall–Kier alpha value is -2.58. The van der Waals surface area contributed by atoms with Crippen molar-refractivity contribution in [2.75, 3.05) is 4.90 Å². The number of fused-ring (bicyclic) bond motifs is 1. The topological polar surface area (TPSA) is 78.5 Å². The standard InChI is InChI=1S/C16H16F3N3O3/c1-8-4-3-5-10-11(8)15(2,14(25)22(10)9-6-7-9)12(23)20-21-13(24)16(17,18)19/h3-5,9H,6-7H2,1-2H3,(H,20,23)(H,21,24). The lowest BCUT2D eigenvalue weighted by atomic mass is 9.80. The molecule has 9 heteroatoms. The molecule has 1 heterocycles. The number of nitrogens with zero attached hydrogens (tertiary/aromatic N) is 1. The van der Waals surface area contributed by atoms with E-state index in [0.717, 1.165) is 12.8 Å². The lowest BCUT2D eigenvalue weighted by Crippen LogP contribution is -2.56. The van der Waals surface area contributed by atoms with Gasteiger partial charge < -0.3 is 4.90 Å². The Balaban J connectivity index is 1.93. The molecule has 2 N–H and O–H groups in total. The van der Waals surface area contributed by atoms with Crippen LogP contribution >= 0.6 is 0 Å². The maximum absolute atomic E-state index is 12.9. The van der Waals surface area contributed by atoms with Gasteiger partial charge in [0.1, 0.15) is 0 Å². The van der Waals surface area contributed by atoms with Crippen molar-refractivity contribution in [1.29, 1.82) is 0 Å². The lowest BCUT2D eigenvalue weighted by Gasteiger charge is -2.24. The first kappa shape index (κ1) is 17.2. The van der Waals surface area contributed by atoms with E-state index < -0.39 is 29.3 Å². The molecular weight excluding hydrogens is 339 g/mol. The van der Waals surface area contributed by atoms with Crippen LogP contribution in [0.25, 0.3) is 0 Å². The molecule has 6 nitrogen and oxygen atoms in total. The second-order valence-electron chi connectivity index (χ2n) is 6.41. The van der Waals surface area contributed by atoms with Crippen LogP contribution in [0.2, 0.25) is 0 Å². The summed E-state index contributed by atoms with van der Waals surface area (Å²) in [5.41, 5.74) is 3.07. The summed E-state index contributed by atoms with van der Waals surface area (Å²) in [7, 11) is 0. The molecule has 0 spiro atoms. The monoisotopic (exact) mass is 355 g/mol. The van der Waals surface area contributed by atoms with E-state index in [0.29, 0.717) is 16.8 Å². The Labute approximate surface area is 141 Å². The number of alkyl halides is 3. The largest absolute Gasteiger partial charge is 0.472 e. The van der Waals surface area contributed by atoms with Crippen LogP contribution in [-0.4, -0.2) is 29.9 Å². The van der Waals surface area contributed by atoms with Crippen LogP contribution < -0.4 is 15.8 Å². The molecule has 1 atom stereocenters. The third-order valence-electron chi connectivity index (χ3n) is 4.57. The number of hydrogen-bond donors (Lipinski definition) is 2. The van der Waals surface area contributed by atoms with Crippen molar-refractivity contribution in [2.45, 2.75) is 44.3 Å². The van der Waals surface area contributed by atoms with Gasteiger partial charge in [-0.1, -0.05) is 12.1 Å². The zero-order valence-electron chi connectivity index (χ0n) is 13.5. The minimum absolute atomic E-state index is 0.00700. The summed E-state index contributed by atoms with van der Waals surface area (Å²) < 4.78 is 36.9. The number of carbonyl (C=O) groups is 3. The number of nitrogens with one attached hydrogen (secondary N) is 2. The van der Waals surface area contributed by atoms with Crippen molar-refractivity contribution in [1.82, 2.24) is 10.9 Å². The van der Waals surface area contributed by atoms with Gasteiger partial charge in [0.25, 0.3) is 5.91 Å². The van der Waals surface area contributed by atoms with E-state index >= 15 is 0 Å². The van der Waals surface area contributed by atoms with E-state index in [-0.39, 0.29) is 6.04 Å². The zero-order valence-corrected chi connectivity index (χ0v) is 13.5. The van der Waals surface area contributed by atoms with Gasteiger partial charge in [-0.25, -0.2) is 0 Å². The normalized spacial score (nSPS) is 22.6. The van der Waals surface area contributed by atoms with Gasteiger partial charge in [0.05, 0.1) is 0 Å². The van der Waals surface area contributed by atoms with Crippen molar-refractivity contribution in [3.05, 3.63) is 29.3 Å². The van der Waals surface area contributed by atoms with Crippen LogP contribution in [0, 0.1) is 6.92 Å². The van der Waals surface area contributed by atoms with Crippen molar-refractivity contribution in [3.8, 4) is 0 Å². The zero-order chi connectivity index (χ0) is 18.6. The Morgan fingerprint density at radius 1 is 1.24 bits per heavy atom. The Bertz CT molecular complexity index is 774. The third kappa shape index (κ3) is 2.63. The Morgan fingerprint density at radius 2 is 1.88 bits per heavy atom. The highest BCUT2D eigenvalue weighted by atomic mass is 19.4. The number of hydrazine groups is 1. The number of amides is 3. The fourth-order valence-electron chi connectivity index (χ4n) is 3.18. The average Bonchev–Trinajstić information content (AvgIpc) is 3.32. The first-order chi connectivity index (χ1) is 11.6. The molecule has 0 bridgehead atoms. The van der Waals surface area contributed by atoms with E-state index in [9.17, 15) is 27.6 Å². The molecule has 1 aromatic carbocycles. The molecule has 134 valence electrons. The van der Waals surface area contributed by atoms with Gasteiger partial charge in [0, 0.05) is 17.3 Å². The highest BCUT2D eigenvalue weighted by molar-refractivity contribution is 6.22. The highest BCUT2D eigenvalue weighted by Crippen LogP contribution is 2.48. The molecule has 1 aromatic rings. The molecule has 0 radical (unpaired) electrons. The maximum Gasteiger partial charge on any atom is 0.472 e. The van der Waals surface area contributed by atoms with Gasteiger partial charge in [-0.05, 0) is 38.3 Å². The molecule has 0 aromatic heterocycles. The quantitative estimate of drug-likeness (QED) is 0.623. The van der Waals surface area contributed by atoms with Crippen LogP contribution in [0.5, 0.6) is 0 Å². The van der Waals surface area contributed by atoms with Gasteiger partial charge in [-0.2, -0.15) is 13.2 Å². The molecule has 2 aliphatic rings. The third-order valence-corrected chi connectivity index (χ3v) is 4.57. The van der Waals surface area contributed by atoms with Gasteiger partial charge in [0.2, 0.25) is 5.91 Å². The van der Waals surface area contributed by atoms with Gasteiger partial charge in [0.15, 0.2) is 5.41 Å². The molecule has 0 saturated heterocycles. The Morgan fingerprint density at radius 3 is 2.44 bits per heavy atom. The smallest absolute Gasteiger partial charge is 0.308 e. The molecular formula is C16H16F3N3O3. The minimum Gasteiger partial charge on any atom is -0.308 e. The second kappa shape index (κ2) is 5.47. The first-order valence-corrected chi connectivity index (χ1v) is 7.70. The van der Waals surface area contributed by atoms with Crippen LogP contribution in [0.1, 0.15) is 30.9 Å². The molecule has 1 unspecified atom stereocenters. The van der Waals surface area contributed by atoms with Crippen LogP contribution in [0.15, 0.2) is 18.2 Å². The fourth-order valence-corrected chi connectivity index (χ4v) is 3.18. The van der Waals surface area contributed by atoms with Crippen LogP contribution in [0.3, 0.4) is 0 Å². The predicted molar refractivity (Wildman–Crippen MR) is 81.4 cm³/mol. The summed E-state index contributed by atoms with van der Waals surface area (Å²) in [6.07, 6.45) is -3.52. The number of aryl methyl sites for hydroxylation is 1. The molecule has 1 aliphatic heterocycles. The van der Waals surface area contributed by atoms with Crippen molar-refractivity contribution in [3.63, 3.8) is 0 Å². The van der Waals surface area contributed by atoms with Crippen molar-refractivity contribution >= 4 is 23.4 Å². The molecule has 1 aliphatic carbocycles. The van der Waals surface area contributed by atoms with E-state index in [2.05, 4.69) is 0 Å². The fraction of sp³-hybridized carbons (Fsp3) is 0.438. The van der Waals surface area contributed by atoms with Gasteiger partial charge in [-0.3, -0.25) is 25.2 Å². The molecule has 1 saturated carbocycles. The molecule has 1 fully saturated rings. The second-order valence-corrected chi connectivity index (χ2v) is 6.41. The van der Waals surface area contributed by atoms with Crippen molar-refractivity contribution in [2.24, 2.45) is 0 Å².